The van der Waals surface area contributed by atoms with E-state index in [9.17, 15) is 4.79 Å². The van der Waals surface area contributed by atoms with Gasteiger partial charge in [-0.15, -0.1) is 0 Å². The Kier molecular flexibility index (Phi) is 1.86. The van der Waals surface area contributed by atoms with Crippen LogP contribution in [-0.4, -0.2) is 18.6 Å². The molecule has 3 nitrogen and oxygen atoms in total. The van der Waals surface area contributed by atoms with Gasteiger partial charge in [-0.05, 0) is 13.8 Å². The Bertz CT molecular complexity index is 118. The first-order chi connectivity index (χ1) is 4.59. The third-order valence-corrected chi connectivity index (χ3v) is 0.559. The van der Waals surface area contributed by atoms with Crippen molar-refractivity contribution >= 4 is 5.97 Å². The maximum atomic E-state index is 10.6. The van der Waals surface area contributed by atoms with Gasteiger partial charge in [0.15, 0.2) is 0 Å². The van der Waals surface area contributed by atoms with Crippen molar-refractivity contribution in [1.82, 2.24) is 0 Å². The second-order valence-corrected chi connectivity index (χ2v) is 1.28. The third-order valence-electron chi connectivity index (χ3n) is 0.559. The zero-order valence-electron chi connectivity index (χ0n) is 6.76. The highest BCUT2D eigenvalue weighted by atomic mass is 16.5. The topological polar surface area (TPSA) is 52.3 Å². The minimum atomic E-state index is -1.35. The van der Waals surface area contributed by atoms with Gasteiger partial charge in [0.05, 0.1) is 6.61 Å². The normalized spacial score (nSPS) is 16.9. The number of hydrogen-bond acceptors (Lipinski definition) is 3. The maximum absolute atomic E-state index is 10.6. The van der Waals surface area contributed by atoms with Crippen molar-refractivity contribution in [3.05, 3.63) is 0 Å². The summed E-state index contributed by atoms with van der Waals surface area (Å²) in [5.74, 6) is -0.683. The number of carbonyl (C=O) groups excluding carboxylic acids is 1. The van der Waals surface area contributed by atoms with Crippen LogP contribution in [0.15, 0.2) is 0 Å². The molecule has 0 aromatic rings. The van der Waals surface area contributed by atoms with Crippen molar-refractivity contribution in [2.75, 3.05) is 6.61 Å². The first-order valence-electron chi connectivity index (χ1n) is 3.51. The van der Waals surface area contributed by atoms with Gasteiger partial charge < -0.3 is 10.5 Å². The van der Waals surface area contributed by atoms with E-state index in [4.69, 9.17) is 8.48 Å². The highest BCUT2D eigenvalue weighted by Gasteiger charge is 2.05. The summed E-state index contributed by atoms with van der Waals surface area (Å²) in [7, 11) is 0. The molecule has 0 aliphatic rings. The van der Waals surface area contributed by atoms with E-state index in [1.54, 1.807) is 6.92 Å². The summed E-state index contributed by atoms with van der Waals surface area (Å²) >= 11 is 0. The minimum Gasteiger partial charge on any atom is -0.465 e. The molecule has 0 aliphatic heterocycles. The van der Waals surface area contributed by atoms with Crippen LogP contribution < -0.4 is 5.73 Å². The standard InChI is InChI=1S/C5H11NO2/c1-3-8-5(7)4(2)6/h4H,3,6H2,1-2H3/i2D2. The lowest BCUT2D eigenvalue weighted by molar-refractivity contribution is -0.144. The predicted octanol–water partition coefficient (Wildman–Crippen LogP) is -0.103. The second-order valence-electron chi connectivity index (χ2n) is 1.28. The van der Waals surface area contributed by atoms with Gasteiger partial charge >= 0.3 is 5.97 Å². The van der Waals surface area contributed by atoms with Crippen molar-refractivity contribution in [1.29, 1.82) is 0 Å². The van der Waals surface area contributed by atoms with Crippen LogP contribution in [0.2, 0.25) is 0 Å². The summed E-state index contributed by atoms with van der Waals surface area (Å²) < 4.78 is 17.9. The summed E-state index contributed by atoms with van der Waals surface area (Å²) in [4.78, 5) is 10.6. The molecule has 0 saturated heterocycles. The molecule has 0 heterocycles. The number of ether oxygens (including phenoxy) is 1. The molecule has 0 aromatic carbocycles. The van der Waals surface area contributed by atoms with Crippen LogP contribution in [-0.2, 0) is 9.53 Å². The van der Waals surface area contributed by atoms with Crippen LogP contribution in [0.5, 0.6) is 0 Å². The molecule has 0 amide bonds. The highest BCUT2D eigenvalue weighted by Crippen LogP contribution is 1.80. The lowest BCUT2D eigenvalue weighted by Gasteiger charge is -2.02. The molecule has 0 radical (unpaired) electrons. The zero-order chi connectivity index (χ0) is 8.15. The maximum Gasteiger partial charge on any atom is 0.322 e. The number of esters is 1. The minimum absolute atomic E-state index is 0.235. The molecular formula is C5H11NO2. The fourth-order valence-corrected chi connectivity index (χ4v) is 0.238. The first-order valence-corrected chi connectivity index (χ1v) is 2.36. The van der Waals surface area contributed by atoms with Crippen LogP contribution in [0.25, 0.3) is 0 Å². The van der Waals surface area contributed by atoms with Crippen LogP contribution >= 0.6 is 0 Å². The van der Waals surface area contributed by atoms with Gasteiger partial charge in [0, 0.05) is 2.74 Å². The van der Waals surface area contributed by atoms with Gasteiger partial charge in [0.2, 0.25) is 0 Å². The van der Waals surface area contributed by atoms with Crippen molar-refractivity contribution in [2.45, 2.75) is 19.8 Å². The van der Waals surface area contributed by atoms with Crippen LogP contribution in [0, 0.1) is 0 Å². The highest BCUT2D eigenvalue weighted by molar-refractivity contribution is 5.74. The molecule has 0 rings (SSSR count). The molecular weight excluding hydrogens is 106 g/mol. The Morgan fingerprint density at radius 3 is 3.12 bits per heavy atom. The molecule has 0 saturated carbocycles. The fourth-order valence-electron chi connectivity index (χ4n) is 0.238. The fraction of sp³-hybridized carbons (Fsp3) is 0.800. The quantitative estimate of drug-likeness (QED) is 0.516. The molecule has 2 N–H and O–H groups in total. The average Bonchev–Trinajstić information content (AvgIpc) is 1.87. The first kappa shape index (κ1) is 4.32. The van der Waals surface area contributed by atoms with Crippen LogP contribution in [0.3, 0.4) is 0 Å². The molecule has 3 heteroatoms. The summed E-state index contributed by atoms with van der Waals surface area (Å²) in [5, 5.41) is 0. The summed E-state index contributed by atoms with van der Waals surface area (Å²) in [6.45, 7) is 0.534. The molecule has 0 spiro atoms. The molecule has 48 valence electrons. The number of hydrogen-bond donors (Lipinski definition) is 1. The predicted molar refractivity (Wildman–Crippen MR) is 30.3 cm³/mol. The van der Waals surface area contributed by atoms with Gasteiger partial charge in [-0.2, -0.15) is 0 Å². The smallest absolute Gasteiger partial charge is 0.322 e. The van der Waals surface area contributed by atoms with Crippen molar-refractivity contribution in [3.63, 3.8) is 0 Å². The summed E-state index contributed by atoms with van der Waals surface area (Å²) in [6, 6.07) is -1.14. The van der Waals surface area contributed by atoms with E-state index in [1.165, 1.54) is 0 Å². The molecule has 0 aromatic heterocycles. The van der Waals surface area contributed by atoms with Crippen LogP contribution in [0.4, 0.5) is 0 Å². The van der Waals surface area contributed by atoms with E-state index < -0.39 is 18.9 Å². The Hall–Kier alpha value is -0.570. The van der Waals surface area contributed by atoms with E-state index in [-0.39, 0.29) is 6.61 Å². The van der Waals surface area contributed by atoms with Gasteiger partial charge in [0.25, 0.3) is 0 Å². The Morgan fingerprint density at radius 2 is 2.75 bits per heavy atom. The molecule has 0 bridgehead atoms. The summed E-state index contributed by atoms with van der Waals surface area (Å²) in [5.41, 5.74) is 5.10. The van der Waals surface area contributed by atoms with E-state index in [2.05, 4.69) is 4.74 Å². The van der Waals surface area contributed by atoms with E-state index in [0.717, 1.165) is 0 Å². The molecule has 1 unspecified atom stereocenters. The number of nitrogens with two attached hydrogens (primary N) is 1. The molecule has 0 aliphatic carbocycles. The van der Waals surface area contributed by atoms with Gasteiger partial charge in [0.1, 0.15) is 6.04 Å². The lowest BCUT2D eigenvalue weighted by Crippen LogP contribution is -2.28. The van der Waals surface area contributed by atoms with Crippen LogP contribution in [0.1, 0.15) is 16.5 Å². The molecule has 0 fully saturated rings. The van der Waals surface area contributed by atoms with E-state index >= 15 is 0 Å². The second kappa shape index (κ2) is 3.43. The van der Waals surface area contributed by atoms with Crippen molar-refractivity contribution < 1.29 is 12.3 Å². The largest absolute Gasteiger partial charge is 0.465 e. The monoisotopic (exact) mass is 119 g/mol. The SMILES string of the molecule is [2H]C([2H])C(N)C(=O)OCC. The van der Waals surface area contributed by atoms with E-state index in [1.807, 2.05) is 0 Å². The van der Waals surface area contributed by atoms with Gasteiger partial charge in [-0.3, -0.25) is 4.79 Å². The average molecular weight is 119 g/mol. The third kappa shape index (κ3) is 2.58. The van der Waals surface area contributed by atoms with Crippen molar-refractivity contribution in [2.24, 2.45) is 5.73 Å². The van der Waals surface area contributed by atoms with Gasteiger partial charge in [-0.1, -0.05) is 0 Å². The summed E-state index contributed by atoms with van der Waals surface area (Å²) in [6.07, 6.45) is 0. The molecule has 8 heavy (non-hydrogen) atoms. The number of carbonyl (C=O) groups is 1. The Labute approximate surface area is 51.6 Å². The lowest BCUT2D eigenvalue weighted by atomic mass is 10.4. The Morgan fingerprint density at radius 1 is 2.12 bits per heavy atom. The van der Waals surface area contributed by atoms with Gasteiger partial charge in [-0.25, -0.2) is 0 Å². The molecule has 1 atom stereocenters. The Balaban J connectivity index is 3.71. The zero-order valence-corrected chi connectivity index (χ0v) is 4.76. The van der Waals surface area contributed by atoms with Crippen molar-refractivity contribution in [3.8, 4) is 0 Å². The van der Waals surface area contributed by atoms with E-state index in [0.29, 0.717) is 0 Å². The number of rotatable bonds is 2.